The highest BCUT2D eigenvalue weighted by Crippen LogP contribution is 2.24. The quantitative estimate of drug-likeness (QED) is 0.904. The second kappa shape index (κ2) is 7.76. The van der Waals surface area contributed by atoms with Crippen LogP contribution in [0.25, 0.3) is 0 Å². The van der Waals surface area contributed by atoms with Gasteiger partial charge < -0.3 is 5.32 Å². The lowest BCUT2D eigenvalue weighted by atomic mass is 9.86. The van der Waals surface area contributed by atoms with E-state index in [9.17, 15) is 0 Å². The van der Waals surface area contributed by atoms with Gasteiger partial charge in [0.2, 0.25) is 0 Å². The van der Waals surface area contributed by atoms with Crippen LogP contribution in [-0.4, -0.2) is 24.0 Å². The Balaban J connectivity index is 1.50. The molecule has 0 radical (unpaired) electrons. The van der Waals surface area contributed by atoms with E-state index >= 15 is 0 Å². The summed E-state index contributed by atoms with van der Waals surface area (Å²) in [6.45, 7) is 4.52. The van der Waals surface area contributed by atoms with E-state index in [2.05, 4.69) is 40.6 Å². The summed E-state index contributed by atoms with van der Waals surface area (Å²) in [7, 11) is 0. The Bertz CT molecular complexity index is 514. The van der Waals surface area contributed by atoms with Crippen molar-refractivity contribution in [2.45, 2.75) is 57.7 Å². The fourth-order valence-corrected chi connectivity index (χ4v) is 3.79. The topological polar surface area (TPSA) is 39.1 Å². The zero-order valence-electron chi connectivity index (χ0n) is 13.4. The highest BCUT2D eigenvalue weighted by atomic mass is 15.1. The molecule has 1 N–H and O–H groups in total. The number of likely N-dealkylation sites (tertiary alicyclic amines) is 1. The summed E-state index contributed by atoms with van der Waals surface area (Å²) in [4.78, 5) is 2.55. The van der Waals surface area contributed by atoms with Gasteiger partial charge in [0.1, 0.15) is 0 Å². The molecule has 0 spiro atoms. The molecule has 0 amide bonds. The summed E-state index contributed by atoms with van der Waals surface area (Å²) in [5.41, 5.74) is 2.80. The molecule has 1 aromatic rings. The van der Waals surface area contributed by atoms with Crippen LogP contribution in [0.2, 0.25) is 0 Å². The van der Waals surface area contributed by atoms with Crippen LogP contribution in [0.4, 0.5) is 0 Å². The van der Waals surface area contributed by atoms with Crippen LogP contribution in [0, 0.1) is 17.2 Å². The SMILES string of the molecule is N#C[C@@H]1CCC[C@H](NCc2cccc(CN3CCCC3)c2)C1. The summed E-state index contributed by atoms with van der Waals surface area (Å²) >= 11 is 0. The van der Waals surface area contributed by atoms with Crippen molar-refractivity contribution < 1.29 is 0 Å². The van der Waals surface area contributed by atoms with Gasteiger partial charge in [0.15, 0.2) is 0 Å². The molecule has 1 saturated carbocycles. The monoisotopic (exact) mass is 297 g/mol. The third-order valence-electron chi connectivity index (χ3n) is 5.05. The molecule has 1 saturated heterocycles. The molecule has 3 nitrogen and oxygen atoms in total. The second-order valence-electron chi connectivity index (χ2n) is 6.87. The molecule has 2 atom stereocenters. The molecular formula is C19H27N3. The van der Waals surface area contributed by atoms with E-state index < -0.39 is 0 Å². The van der Waals surface area contributed by atoms with E-state index in [1.54, 1.807) is 0 Å². The maximum absolute atomic E-state index is 9.08. The van der Waals surface area contributed by atoms with Gasteiger partial charge in [-0.2, -0.15) is 5.26 Å². The lowest BCUT2D eigenvalue weighted by Crippen LogP contribution is -2.33. The standard InChI is InChI=1S/C19H27N3/c20-13-16-5-4-8-19(12-16)21-14-17-6-3-7-18(11-17)15-22-9-1-2-10-22/h3,6-7,11,16,19,21H,1-2,4-5,8-10,12,14-15H2/t16-,19+/m1/s1. The van der Waals surface area contributed by atoms with E-state index in [-0.39, 0.29) is 5.92 Å². The first-order valence-corrected chi connectivity index (χ1v) is 8.76. The molecular weight excluding hydrogens is 270 g/mol. The molecule has 1 aliphatic carbocycles. The first-order chi connectivity index (χ1) is 10.8. The van der Waals surface area contributed by atoms with Gasteiger partial charge in [-0.1, -0.05) is 30.7 Å². The molecule has 22 heavy (non-hydrogen) atoms. The van der Waals surface area contributed by atoms with Gasteiger partial charge in [-0.05, 0) is 56.3 Å². The molecule has 1 aliphatic heterocycles. The predicted octanol–water partition coefficient (Wildman–Crippen LogP) is 3.45. The Morgan fingerprint density at radius 1 is 1.14 bits per heavy atom. The zero-order chi connectivity index (χ0) is 15.2. The molecule has 2 fully saturated rings. The van der Waals surface area contributed by atoms with Gasteiger partial charge in [-0.25, -0.2) is 0 Å². The maximum atomic E-state index is 9.08. The first-order valence-electron chi connectivity index (χ1n) is 8.76. The fraction of sp³-hybridized carbons (Fsp3) is 0.632. The third-order valence-corrected chi connectivity index (χ3v) is 5.05. The highest BCUT2D eigenvalue weighted by Gasteiger charge is 2.21. The smallest absolute Gasteiger partial charge is 0.0656 e. The van der Waals surface area contributed by atoms with Crippen LogP contribution >= 0.6 is 0 Å². The van der Waals surface area contributed by atoms with Crippen LogP contribution < -0.4 is 5.32 Å². The maximum Gasteiger partial charge on any atom is 0.0656 e. The summed E-state index contributed by atoms with van der Waals surface area (Å²) < 4.78 is 0. The molecule has 3 rings (SSSR count). The Kier molecular flexibility index (Phi) is 5.48. The van der Waals surface area contributed by atoms with Crippen molar-refractivity contribution >= 4 is 0 Å². The number of nitrogens with one attached hydrogen (secondary N) is 1. The van der Waals surface area contributed by atoms with E-state index in [0.717, 1.165) is 25.9 Å². The Morgan fingerprint density at radius 3 is 2.77 bits per heavy atom. The van der Waals surface area contributed by atoms with Crippen LogP contribution in [-0.2, 0) is 13.1 Å². The summed E-state index contributed by atoms with van der Waals surface area (Å²) in [6.07, 6.45) is 7.20. The van der Waals surface area contributed by atoms with Crippen molar-refractivity contribution in [3.63, 3.8) is 0 Å². The van der Waals surface area contributed by atoms with E-state index in [0.29, 0.717) is 6.04 Å². The molecule has 1 heterocycles. The van der Waals surface area contributed by atoms with E-state index in [4.69, 9.17) is 5.26 Å². The third kappa shape index (κ3) is 4.32. The van der Waals surface area contributed by atoms with E-state index in [1.807, 2.05) is 0 Å². The van der Waals surface area contributed by atoms with Gasteiger partial charge in [0.05, 0.1) is 6.07 Å². The number of benzene rings is 1. The van der Waals surface area contributed by atoms with Crippen molar-refractivity contribution in [1.82, 2.24) is 10.2 Å². The number of hydrogen-bond acceptors (Lipinski definition) is 3. The second-order valence-corrected chi connectivity index (χ2v) is 6.87. The zero-order valence-corrected chi connectivity index (χ0v) is 13.4. The number of rotatable bonds is 5. The van der Waals surface area contributed by atoms with E-state index in [1.165, 1.54) is 49.9 Å². The van der Waals surface area contributed by atoms with Gasteiger partial charge in [-0.15, -0.1) is 0 Å². The lowest BCUT2D eigenvalue weighted by molar-refractivity contribution is 0.325. The molecule has 3 heteroatoms. The van der Waals surface area contributed by atoms with Crippen molar-refractivity contribution in [3.8, 4) is 6.07 Å². The van der Waals surface area contributed by atoms with Crippen LogP contribution in [0.3, 0.4) is 0 Å². The Hall–Kier alpha value is -1.37. The molecule has 2 aliphatic rings. The minimum Gasteiger partial charge on any atom is -0.310 e. The summed E-state index contributed by atoms with van der Waals surface area (Å²) in [5, 5.41) is 12.7. The number of hydrogen-bond donors (Lipinski definition) is 1. The highest BCUT2D eigenvalue weighted by molar-refractivity contribution is 5.23. The summed E-state index contributed by atoms with van der Waals surface area (Å²) in [6, 6.07) is 11.9. The Labute approximate surface area is 134 Å². The van der Waals surface area contributed by atoms with Crippen molar-refractivity contribution in [1.29, 1.82) is 5.26 Å². The lowest BCUT2D eigenvalue weighted by Gasteiger charge is -2.26. The van der Waals surface area contributed by atoms with Crippen LogP contribution in [0.15, 0.2) is 24.3 Å². The van der Waals surface area contributed by atoms with Gasteiger partial charge >= 0.3 is 0 Å². The van der Waals surface area contributed by atoms with Crippen molar-refractivity contribution in [2.75, 3.05) is 13.1 Å². The summed E-state index contributed by atoms with van der Waals surface area (Å²) in [5.74, 6) is 0.257. The van der Waals surface area contributed by atoms with Crippen LogP contribution in [0.5, 0.6) is 0 Å². The molecule has 1 aromatic carbocycles. The normalized spacial score (nSPS) is 26.0. The molecule has 0 aromatic heterocycles. The minimum atomic E-state index is 0.257. The number of nitrogens with zero attached hydrogens (tertiary/aromatic N) is 2. The van der Waals surface area contributed by atoms with Gasteiger partial charge in [0.25, 0.3) is 0 Å². The van der Waals surface area contributed by atoms with Gasteiger partial charge in [-0.3, -0.25) is 4.90 Å². The van der Waals surface area contributed by atoms with Crippen molar-refractivity contribution in [2.24, 2.45) is 5.92 Å². The minimum absolute atomic E-state index is 0.257. The van der Waals surface area contributed by atoms with Crippen molar-refractivity contribution in [3.05, 3.63) is 35.4 Å². The number of nitriles is 1. The molecule has 0 bridgehead atoms. The largest absolute Gasteiger partial charge is 0.310 e. The molecule has 118 valence electrons. The Morgan fingerprint density at radius 2 is 1.95 bits per heavy atom. The van der Waals surface area contributed by atoms with Gasteiger partial charge in [0, 0.05) is 25.0 Å². The average molecular weight is 297 g/mol. The average Bonchev–Trinajstić information content (AvgIpc) is 3.06. The fourth-order valence-electron chi connectivity index (χ4n) is 3.79. The molecule has 0 unspecified atom stereocenters. The van der Waals surface area contributed by atoms with Crippen LogP contribution in [0.1, 0.15) is 49.7 Å². The first kappa shape index (κ1) is 15.5. The predicted molar refractivity (Wildman–Crippen MR) is 89.2 cm³/mol.